The van der Waals surface area contributed by atoms with Crippen molar-refractivity contribution >= 4 is 33.2 Å². The van der Waals surface area contributed by atoms with Crippen molar-refractivity contribution in [1.82, 2.24) is 4.98 Å². The van der Waals surface area contributed by atoms with E-state index in [2.05, 4.69) is 20.9 Å². The Morgan fingerprint density at radius 2 is 2.28 bits per heavy atom. The average Bonchev–Trinajstić information content (AvgIpc) is 2.79. The molecule has 0 radical (unpaired) electrons. The lowest BCUT2D eigenvalue weighted by atomic mass is 10.1. The number of hydrogen-bond acceptors (Lipinski definition) is 3. The lowest BCUT2D eigenvalue weighted by molar-refractivity contribution is -0.136. The zero-order valence-electron chi connectivity index (χ0n) is 9.81. The summed E-state index contributed by atoms with van der Waals surface area (Å²) in [5.74, 6) is -0.789. The van der Waals surface area contributed by atoms with Crippen molar-refractivity contribution in [2.24, 2.45) is 0 Å². The lowest BCUT2D eigenvalue weighted by Crippen LogP contribution is -1.97. The first-order valence-corrected chi connectivity index (χ1v) is 7.16. The number of carboxylic acid groups (broad SMARTS) is 1. The Kier molecular flexibility index (Phi) is 4.14. The smallest absolute Gasteiger partial charge is 0.303 e. The molecule has 0 atom stereocenters. The Morgan fingerprint density at radius 3 is 2.94 bits per heavy atom. The van der Waals surface area contributed by atoms with E-state index in [1.807, 2.05) is 30.5 Å². The number of aromatic nitrogens is 1. The van der Waals surface area contributed by atoms with E-state index in [0.717, 1.165) is 20.7 Å². The van der Waals surface area contributed by atoms with Crippen molar-refractivity contribution < 1.29 is 9.90 Å². The fourth-order valence-electron chi connectivity index (χ4n) is 1.52. The third kappa shape index (κ3) is 3.17. The Bertz CT molecular complexity index is 580. The van der Waals surface area contributed by atoms with Crippen LogP contribution in [0.25, 0.3) is 10.6 Å². The summed E-state index contributed by atoms with van der Waals surface area (Å²) in [5.41, 5.74) is 3.08. The van der Waals surface area contributed by atoms with E-state index >= 15 is 0 Å². The van der Waals surface area contributed by atoms with E-state index in [4.69, 9.17) is 5.11 Å². The summed E-state index contributed by atoms with van der Waals surface area (Å²) < 4.78 is 1.06. The molecule has 0 saturated heterocycles. The summed E-state index contributed by atoms with van der Waals surface area (Å²) in [6.07, 6.45) is 0.611. The monoisotopic (exact) mass is 325 g/mol. The summed E-state index contributed by atoms with van der Waals surface area (Å²) >= 11 is 5.04. The van der Waals surface area contributed by atoms with Crippen LogP contribution in [0, 0.1) is 6.92 Å². The van der Waals surface area contributed by atoms with Gasteiger partial charge in [-0.25, -0.2) is 4.98 Å². The van der Waals surface area contributed by atoms with Gasteiger partial charge in [0.15, 0.2) is 0 Å². The second kappa shape index (κ2) is 5.63. The van der Waals surface area contributed by atoms with Gasteiger partial charge in [0, 0.05) is 21.8 Å². The maximum Gasteiger partial charge on any atom is 0.303 e. The molecule has 1 aromatic carbocycles. The zero-order valence-corrected chi connectivity index (χ0v) is 12.2. The molecule has 0 spiro atoms. The molecule has 2 rings (SSSR count). The molecule has 0 aliphatic rings. The van der Waals surface area contributed by atoms with E-state index in [-0.39, 0.29) is 6.42 Å². The zero-order chi connectivity index (χ0) is 13.1. The van der Waals surface area contributed by atoms with E-state index in [1.54, 1.807) is 11.3 Å². The Labute approximate surface area is 118 Å². The standard InChI is InChI=1S/C13H12BrNO2S/c1-8-2-3-9(6-11(8)14)13-15-10(7-18-13)4-5-12(16)17/h2-3,6-7H,4-5H2,1H3,(H,16,17). The van der Waals surface area contributed by atoms with Gasteiger partial charge in [-0.15, -0.1) is 11.3 Å². The van der Waals surface area contributed by atoms with Crippen LogP contribution < -0.4 is 0 Å². The maximum absolute atomic E-state index is 10.5. The highest BCUT2D eigenvalue weighted by molar-refractivity contribution is 9.10. The Hall–Kier alpha value is -1.20. The minimum atomic E-state index is -0.789. The van der Waals surface area contributed by atoms with Crippen LogP contribution in [0.1, 0.15) is 17.7 Å². The fourth-order valence-corrected chi connectivity index (χ4v) is 2.75. The third-order valence-corrected chi connectivity index (χ3v) is 4.36. The lowest BCUT2D eigenvalue weighted by Gasteiger charge is -2.00. The predicted octanol–water partition coefficient (Wildman–Crippen LogP) is 3.90. The number of aliphatic carboxylic acids is 1. The van der Waals surface area contributed by atoms with Crippen LogP contribution in [-0.4, -0.2) is 16.1 Å². The molecule has 1 aromatic heterocycles. The van der Waals surface area contributed by atoms with Gasteiger partial charge >= 0.3 is 5.97 Å². The van der Waals surface area contributed by atoms with Crippen LogP contribution in [0.2, 0.25) is 0 Å². The highest BCUT2D eigenvalue weighted by Crippen LogP contribution is 2.28. The number of carbonyl (C=O) groups is 1. The molecule has 0 unspecified atom stereocenters. The summed E-state index contributed by atoms with van der Waals surface area (Å²) in [4.78, 5) is 15.0. The predicted molar refractivity (Wildman–Crippen MR) is 75.9 cm³/mol. The highest BCUT2D eigenvalue weighted by atomic mass is 79.9. The van der Waals surface area contributed by atoms with Gasteiger partial charge in [-0.3, -0.25) is 4.79 Å². The fraction of sp³-hybridized carbons (Fsp3) is 0.231. The number of aryl methyl sites for hydroxylation is 2. The molecule has 1 N–H and O–H groups in total. The van der Waals surface area contributed by atoms with Crippen molar-refractivity contribution in [1.29, 1.82) is 0 Å². The first-order valence-electron chi connectivity index (χ1n) is 5.49. The quantitative estimate of drug-likeness (QED) is 0.927. The van der Waals surface area contributed by atoms with Crippen LogP contribution in [0.3, 0.4) is 0 Å². The van der Waals surface area contributed by atoms with Gasteiger partial charge in [-0.05, 0) is 18.6 Å². The second-order valence-electron chi connectivity index (χ2n) is 4.00. The normalized spacial score (nSPS) is 10.6. The van der Waals surface area contributed by atoms with Crippen LogP contribution in [0.5, 0.6) is 0 Å². The first-order chi connectivity index (χ1) is 8.56. The molecule has 18 heavy (non-hydrogen) atoms. The van der Waals surface area contributed by atoms with Gasteiger partial charge in [0.25, 0.3) is 0 Å². The number of rotatable bonds is 4. The number of nitrogens with zero attached hydrogens (tertiary/aromatic N) is 1. The van der Waals surface area contributed by atoms with Crippen molar-refractivity contribution in [2.75, 3.05) is 0 Å². The molecule has 0 amide bonds. The highest BCUT2D eigenvalue weighted by Gasteiger charge is 2.07. The van der Waals surface area contributed by atoms with Gasteiger partial charge in [0.2, 0.25) is 0 Å². The first kappa shape index (κ1) is 13.2. The van der Waals surface area contributed by atoms with Crippen LogP contribution >= 0.6 is 27.3 Å². The van der Waals surface area contributed by atoms with Crippen molar-refractivity contribution in [3.8, 4) is 10.6 Å². The maximum atomic E-state index is 10.5. The number of hydrogen-bond donors (Lipinski definition) is 1. The third-order valence-electron chi connectivity index (χ3n) is 2.57. The molecule has 1 heterocycles. The molecule has 94 valence electrons. The van der Waals surface area contributed by atoms with E-state index in [9.17, 15) is 4.79 Å². The van der Waals surface area contributed by atoms with Gasteiger partial charge < -0.3 is 5.11 Å². The molecule has 0 saturated carbocycles. The van der Waals surface area contributed by atoms with E-state index in [0.29, 0.717) is 6.42 Å². The summed E-state index contributed by atoms with van der Waals surface area (Å²) in [6, 6.07) is 6.10. The number of benzene rings is 1. The summed E-state index contributed by atoms with van der Waals surface area (Å²) in [5, 5.41) is 11.5. The van der Waals surface area contributed by atoms with Crippen LogP contribution in [0.4, 0.5) is 0 Å². The molecule has 5 heteroatoms. The number of halogens is 1. The van der Waals surface area contributed by atoms with E-state index in [1.165, 1.54) is 5.56 Å². The van der Waals surface area contributed by atoms with Crippen LogP contribution in [0.15, 0.2) is 28.1 Å². The van der Waals surface area contributed by atoms with Gasteiger partial charge in [0.1, 0.15) is 5.01 Å². The molecule has 0 fully saturated rings. The molecule has 2 aromatic rings. The number of carboxylic acids is 1. The second-order valence-corrected chi connectivity index (χ2v) is 5.71. The molecular weight excluding hydrogens is 314 g/mol. The number of thiazole rings is 1. The van der Waals surface area contributed by atoms with Crippen molar-refractivity contribution in [2.45, 2.75) is 19.8 Å². The van der Waals surface area contributed by atoms with Gasteiger partial charge in [0.05, 0.1) is 12.1 Å². The van der Waals surface area contributed by atoms with Gasteiger partial charge in [-0.2, -0.15) is 0 Å². The molecule has 3 nitrogen and oxygen atoms in total. The average molecular weight is 326 g/mol. The topological polar surface area (TPSA) is 50.2 Å². The SMILES string of the molecule is Cc1ccc(-c2nc(CCC(=O)O)cs2)cc1Br. The molecule has 0 aliphatic heterocycles. The molecule has 0 bridgehead atoms. The molecular formula is C13H12BrNO2S. The Balaban J connectivity index is 2.18. The summed E-state index contributed by atoms with van der Waals surface area (Å²) in [7, 11) is 0. The van der Waals surface area contributed by atoms with Crippen molar-refractivity contribution in [3.63, 3.8) is 0 Å². The van der Waals surface area contributed by atoms with Gasteiger partial charge in [-0.1, -0.05) is 28.1 Å². The largest absolute Gasteiger partial charge is 0.481 e. The summed E-state index contributed by atoms with van der Waals surface area (Å²) in [6.45, 7) is 2.04. The minimum Gasteiger partial charge on any atom is -0.481 e. The Morgan fingerprint density at radius 1 is 1.50 bits per heavy atom. The van der Waals surface area contributed by atoms with Crippen LogP contribution in [-0.2, 0) is 11.2 Å². The van der Waals surface area contributed by atoms with E-state index < -0.39 is 5.97 Å². The molecule has 0 aliphatic carbocycles. The minimum absolute atomic E-state index is 0.126. The van der Waals surface area contributed by atoms with Crippen molar-refractivity contribution in [3.05, 3.63) is 39.3 Å².